The van der Waals surface area contributed by atoms with E-state index in [0.29, 0.717) is 0 Å². The molecule has 0 spiro atoms. The Hall–Kier alpha value is -0.720. The first-order valence-corrected chi connectivity index (χ1v) is 5.58. The average molecular weight is 175 g/mol. The molecule has 1 aliphatic heterocycles. The third kappa shape index (κ3) is 1.41. The Balaban J connectivity index is 1.73. The van der Waals surface area contributed by atoms with Gasteiger partial charge in [0, 0.05) is 18.8 Å². The zero-order valence-electron chi connectivity index (χ0n) is 8.08. The highest BCUT2D eigenvalue weighted by atomic mass is 15.1. The van der Waals surface area contributed by atoms with Crippen molar-refractivity contribution in [3.8, 4) is 0 Å². The zero-order valence-corrected chi connectivity index (χ0v) is 8.08. The Bertz CT molecular complexity index is 258. The van der Waals surface area contributed by atoms with Gasteiger partial charge in [0.05, 0.1) is 0 Å². The van der Waals surface area contributed by atoms with Gasteiger partial charge in [-0.1, -0.05) is 12.2 Å². The lowest BCUT2D eigenvalue weighted by molar-refractivity contribution is 0.291. The Labute approximate surface area is 80.1 Å². The first kappa shape index (κ1) is 7.66. The van der Waals surface area contributed by atoms with E-state index in [-0.39, 0.29) is 0 Å². The van der Waals surface area contributed by atoms with Gasteiger partial charge in [-0.15, -0.1) is 0 Å². The Morgan fingerprint density at radius 2 is 1.92 bits per heavy atom. The molecular weight excluding hydrogens is 158 g/mol. The van der Waals surface area contributed by atoms with Crippen molar-refractivity contribution in [2.45, 2.75) is 25.7 Å². The molecule has 0 aromatic carbocycles. The number of likely N-dealkylation sites (tertiary alicyclic amines) is 1. The molecule has 2 aliphatic carbocycles. The first-order chi connectivity index (χ1) is 6.43. The minimum absolute atomic E-state index is 0.905. The molecule has 0 radical (unpaired) electrons. The van der Waals surface area contributed by atoms with Gasteiger partial charge in [-0.2, -0.15) is 0 Å². The summed E-state index contributed by atoms with van der Waals surface area (Å²) in [5.41, 5.74) is 1.51. The van der Waals surface area contributed by atoms with Gasteiger partial charge in [-0.3, -0.25) is 0 Å². The molecule has 1 nitrogen and oxygen atoms in total. The van der Waals surface area contributed by atoms with Gasteiger partial charge in [-0.25, -0.2) is 0 Å². The maximum Gasteiger partial charge on any atom is 0.0325 e. The van der Waals surface area contributed by atoms with Gasteiger partial charge in [-0.05, 0) is 43.6 Å². The van der Waals surface area contributed by atoms with Crippen LogP contribution >= 0.6 is 0 Å². The summed E-state index contributed by atoms with van der Waals surface area (Å²) in [6, 6.07) is 0. The normalized spacial score (nSPS) is 36.9. The van der Waals surface area contributed by atoms with Gasteiger partial charge >= 0.3 is 0 Å². The van der Waals surface area contributed by atoms with Crippen LogP contribution in [0.1, 0.15) is 25.7 Å². The lowest BCUT2D eigenvalue weighted by Crippen LogP contribution is -2.28. The third-order valence-electron chi connectivity index (χ3n) is 3.51. The van der Waals surface area contributed by atoms with Gasteiger partial charge in [0.15, 0.2) is 0 Å². The van der Waals surface area contributed by atoms with Crippen molar-refractivity contribution in [3.05, 3.63) is 23.9 Å². The van der Waals surface area contributed by atoms with Crippen molar-refractivity contribution in [1.29, 1.82) is 0 Å². The van der Waals surface area contributed by atoms with E-state index < -0.39 is 0 Å². The Morgan fingerprint density at radius 3 is 2.69 bits per heavy atom. The quantitative estimate of drug-likeness (QED) is 0.592. The molecule has 0 aromatic rings. The van der Waals surface area contributed by atoms with E-state index in [0.717, 1.165) is 11.8 Å². The molecule has 3 aliphatic rings. The summed E-state index contributed by atoms with van der Waals surface area (Å²) < 4.78 is 0. The number of hydrogen-bond acceptors (Lipinski definition) is 1. The largest absolute Gasteiger partial charge is 0.372 e. The molecule has 0 aromatic heterocycles. The number of allylic oxidation sites excluding steroid dienone is 3. The lowest BCUT2D eigenvalue weighted by Gasteiger charge is -2.30. The van der Waals surface area contributed by atoms with Crippen molar-refractivity contribution < 1.29 is 0 Å². The molecule has 1 heteroatoms. The van der Waals surface area contributed by atoms with Gasteiger partial charge in [0.2, 0.25) is 0 Å². The number of rotatable bonds is 1. The fraction of sp³-hybridized carbons (Fsp3) is 0.667. The summed E-state index contributed by atoms with van der Waals surface area (Å²) in [4.78, 5) is 2.56. The molecular formula is C12H17N. The molecule has 2 fully saturated rings. The third-order valence-corrected chi connectivity index (χ3v) is 3.51. The minimum atomic E-state index is 0.905. The Kier molecular flexibility index (Phi) is 1.71. The molecule has 1 saturated heterocycles. The molecule has 0 amide bonds. The predicted molar refractivity (Wildman–Crippen MR) is 54.2 cm³/mol. The van der Waals surface area contributed by atoms with Gasteiger partial charge in [0.25, 0.3) is 0 Å². The van der Waals surface area contributed by atoms with Crippen LogP contribution in [-0.4, -0.2) is 18.0 Å². The summed E-state index contributed by atoms with van der Waals surface area (Å²) in [5, 5.41) is 0. The van der Waals surface area contributed by atoms with E-state index in [1.807, 2.05) is 0 Å². The summed E-state index contributed by atoms with van der Waals surface area (Å²) >= 11 is 0. The monoisotopic (exact) mass is 175 g/mol. The number of nitrogens with zero attached hydrogens (tertiary/aromatic N) is 1. The Morgan fingerprint density at radius 1 is 1.08 bits per heavy atom. The predicted octanol–water partition coefficient (Wildman–Crippen LogP) is 2.56. The standard InChI is InChI=1S/C12H17N/c1-2-6-13(7-3-1)12-5-4-10-8-11(10)9-12/h4-5,9-11H,1-3,6-8H2. The van der Waals surface area contributed by atoms with Crippen LogP contribution in [0.3, 0.4) is 0 Å². The van der Waals surface area contributed by atoms with Crippen molar-refractivity contribution >= 4 is 0 Å². The van der Waals surface area contributed by atoms with Gasteiger partial charge < -0.3 is 4.90 Å². The number of piperidine rings is 1. The van der Waals surface area contributed by atoms with Crippen LogP contribution in [0.25, 0.3) is 0 Å². The fourth-order valence-corrected chi connectivity index (χ4v) is 2.51. The summed E-state index contributed by atoms with van der Waals surface area (Å²) in [6.45, 7) is 2.57. The molecule has 0 bridgehead atoms. The van der Waals surface area contributed by atoms with Crippen LogP contribution in [0.2, 0.25) is 0 Å². The van der Waals surface area contributed by atoms with Crippen LogP contribution in [-0.2, 0) is 0 Å². The maximum atomic E-state index is 2.56. The average Bonchev–Trinajstić information content (AvgIpc) is 2.96. The summed E-state index contributed by atoms with van der Waals surface area (Å²) in [6.07, 6.45) is 12.9. The molecule has 3 rings (SSSR count). The molecule has 2 atom stereocenters. The van der Waals surface area contributed by atoms with Crippen LogP contribution in [0.15, 0.2) is 23.9 Å². The van der Waals surface area contributed by atoms with E-state index in [1.54, 1.807) is 0 Å². The lowest BCUT2D eigenvalue weighted by atomic mass is 10.1. The van der Waals surface area contributed by atoms with Crippen LogP contribution in [0, 0.1) is 11.8 Å². The second-order valence-electron chi connectivity index (χ2n) is 4.56. The van der Waals surface area contributed by atoms with E-state index >= 15 is 0 Å². The molecule has 13 heavy (non-hydrogen) atoms. The van der Waals surface area contributed by atoms with Crippen molar-refractivity contribution in [3.63, 3.8) is 0 Å². The SMILES string of the molecule is C1=CC2CC2C=C1N1CCCCC1. The van der Waals surface area contributed by atoms with Gasteiger partial charge in [0.1, 0.15) is 0 Å². The van der Waals surface area contributed by atoms with E-state index in [2.05, 4.69) is 23.1 Å². The summed E-state index contributed by atoms with van der Waals surface area (Å²) in [5.74, 6) is 1.82. The molecule has 0 N–H and O–H groups in total. The number of hydrogen-bond donors (Lipinski definition) is 0. The molecule has 2 unspecified atom stereocenters. The maximum absolute atomic E-state index is 2.56. The second-order valence-corrected chi connectivity index (χ2v) is 4.56. The van der Waals surface area contributed by atoms with E-state index in [9.17, 15) is 0 Å². The zero-order chi connectivity index (χ0) is 8.67. The topological polar surface area (TPSA) is 3.24 Å². The fourth-order valence-electron chi connectivity index (χ4n) is 2.51. The minimum Gasteiger partial charge on any atom is -0.372 e. The summed E-state index contributed by atoms with van der Waals surface area (Å²) in [7, 11) is 0. The molecule has 1 saturated carbocycles. The van der Waals surface area contributed by atoms with E-state index in [1.165, 1.54) is 44.5 Å². The van der Waals surface area contributed by atoms with Crippen LogP contribution < -0.4 is 0 Å². The number of fused-ring (bicyclic) bond motifs is 1. The smallest absolute Gasteiger partial charge is 0.0325 e. The van der Waals surface area contributed by atoms with Crippen molar-refractivity contribution in [2.75, 3.05) is 13.1 Å². The van der Waals surface area contributed by atoms with Crippen molar-refractivity contribution in [2.24, 2.45) is 11.8 Å². The first-order valence-electron chi connectivity index (χ1n) is 5.58. The highest BCUT2D eigenvalue weighted by molar-refractivity contribution is 5.30. The highest BCUT2D eigenvalue weighted by Gasteiger charge is 2.35. The molecule has 1 heterocycles. The molecule has 70 valence electrons. The van der Waals surface area contributed by atoms with Crippen molar-refractivity contribution in [1.82, 2.24) is 4.90 Å². The second kappa shape index (κ2) is 2.90. The van der Waals surface area contributed by atoms with E-state index in [4.69, 9.17) is 0 Å². The highest BCUT2D eigenvalue weighted by Crippen LogP contribution is 2.44. The van der Waals surface area contributed by atoms with Crippen LogP contribution in [0.4, 0.5) is 0 Å². The van der Waals surface area contributed by atoms with Crippen LogP contribution in [0.5, 0.6) is 0 Å².